The highest BCUT2D eigenvalue weighted by Crippen LogP contribution is 2.41. The Morgan fingerprint density at radius 3 is 2.40 bits per heavy atom. The Bertz CT molecular complexity index is 2020. The summed E-state index contributed by atoms with van der Waals surface area (Å²) >= 11 is 0. The lowest BCUT2D eigenvalue weighted by Crippen LogP contribution is -2.22. The average Bonchev–Trinajstić information content (AvgIpc) is 3.60. The number of benzene rings is 3. The van der Waals surface area contributed by atoms with Crippen LogP contribution in [0.1, 0.15) is 16.7 Å². The van der Waals surface area contributed by atoms with E-state index < -0.39 is 35.4 Å². The lowest BCUT2D eigenvalue weighted by molar-refractivity contribution is -0.137. The smallest absolute Gasteiger partial charge is 0.416 e. The van der Waals surface area contributed by atoms with Crippen LogP contribution in [0.4, 0.5) is 33.7 Å². The van der Waals surface area contributed by atoms with Crippen molar-refractivity contribution < 1.29 is 41.1 Å². The molecule has 3 heterocycles. The van der Waals surface area contributed by atoms with Gasteiger partial charge in [-0.1, -0.05) is 18.2 Å². The summed E-state index contributed by atoms with van der Waals surface area (Å²) in [6.45, 7) is 0. The molecule has 0 radical (unpaired) electrons. The van der Waals surface area contributed by atoms with E-state index in [1.807, 2.05) is 0 Å². The number of urea groups is 1. The van der Waals surface area contributed by atoms with Gasteiger partial charge in [-0.25, -0.2) is 9.18 Å². The number of nitrogens with one attached hydrogen (secondary N) is 3. The maximum absolute atomic E-state index is 15.3. The normalized spacial score (nSPS) is 13.6. The molecule has 0 spiro atoms. The van der Waals surface area contributed by atoms with Gasteiger partial charge >= 0.3 is 12.2 Å². The van der Waals surface area contributed by atoms with Gasteiger partial charge in [-0.15, -0.1) is 0 Å². The summed E-state index contributed by atoms with van der Waals surface area (Å²) in [5, 5.41) is 7.66. The molecule has 4 amide bonds. The minimum atomic E-state index is -4.61. The number of hydrogen-bond acceptors (Lipinski definition) is 5. The SMILES string of the molecule is COc1cccc2c(C3=C(c4cn(C)c5cc(NC(=O)Nc6cccc(C(F)(F)F)c6)c(F)cc45)C(=O)NC3=O)coc12. The van der Waals surface area contributed by atoms with Crippen LogP contribution in [0, 0.1) is 5.82 Å². The molecule has 2 aromatic heterocycles. The van der Waals surface area contributed by atoms with Crippen LogP contribution in [-0.2, 0) is 22.8 Å². The summed E-state index contributed by atoms with van der Waals surface area (Å²) < 4.78 is 67.0. The van der Waals surface area contributed by atoms with E-state index in [0.29, 0.717) is 27.8 Å². The number of imide groups is 1. The Kier molecular flexibility index (Phi) is 6.44. The van der Waals surface area contributed by atoms with Gasteiger partial charge in [0.15, 0.2) is 11.3 Å². The van der Waals surface area contributed by atoms with Crippen LogP contribution in [0.5, 0.6) is 5.75 Å². The number of aromatic nitrogens is 1. The van der Waals surface area contributed by atoms with E-state index in [-0.39, 0.29) is 33.5 Å². The van der Waals surface area contributed by atoms with Crippen LogP contribution in [0.2, 0.25) is 0 Å². The number of carbonyl (C=O) groups is 3. The van der Waals surface area contributed by atoms with Crippen molar-refractivity contribution in [3.8, 4) is 5.75 Å². The molecule has 0 saturated heterocycles. The maximum atomic E-state index is 15.3. The van der Waals surface area contributed by atoms with Crippen molar-refractivity contribution >= 4 is 62.2 Å². The first-order valence-electron chi connectivity index (χ1n) is 12.6. The number of fused-ring (bicyclic) bond motifs is 2. The Labute approximate surface area is 239 Å². The van der Waals surface area contributed by atoms with Crippen molar-refractivity contribution in [3.05, 3.63) is 89.6 Å². The van der Waals surface area contributed by atoms with E-state index in [4.69, 9.17) is 9.15 Å². The third kappa shape index (κ3) is 4.74. The first-order chi connectivity index (χ1) is 20.5. The number of nitrogens with zero attached hydrogens (tertiary/aromatic N) is 1. The molecule has 1 aliphatic rings. The zero-order valence-corrected chi connectivity index (χ0v) is 22.4. The average molecular weight is 593 g/mol. The van der Waals surface area contributed by atoms with Gasteiger partial charge in [-0.05, 0) is 36.4 Å². The van der Waals surface area contributed by atoms with Crippen LogP contribution in [0.15, 0.2) is 71.5 Å². The quantitative estimate of drug-likeness (QED) is 0.164. The van der Waals surface area contributed by atoms with Crippen LogP contribution in [0.3, 0.4) is 0 Å². The van der Waals surface area contributed by atoms with Crippen molar-refractivity contribution in [1.29, 1.82) is 0 Å². The number of carbonyl (C=O) groups excluding carboxylic acids is 3. The summed E-state index contributed by atoms with van der Waals surface area (Å²) in [6, 6.07) is 10.5. The van der Waals surface area contributed by atoms with Gasteiger partial charge in [0, 0.05) is 40.8 Å². The van der Waals surface area contributed by atoms with Gasteiger partial charge in [0.2, 0.25) is 0 Å². The van der Waals surface area contributed by atoms with Gasteiger partial charge in [0.1, 0.15) is 12.1 Å². The highest BCUT2D eigenvalue weighted by atomic mass is 19.4. The summed E-state index contributed by atoms with van der Waals surface area (Å²) in [5.74, 6) is -1.80. The highest BCUT2D eigenvalue weighted by Gasteiger charge is 2.36. The number of rotatable bonds is 5. The second-order valence-corrected chi connectivity index (χ2v) is 9.68. The predicted molar refractivity (Wildman–Crippen MR) is 150 cm³/mol. The van der Waals surface area contributed by atoms with E-state index in [1.54, 1.807) is 36.0 Å². The maximum Gasteiger partial charge on any atom is 0.416 e. The minimum absolute atomic E-state index is 0.00326. The highest BCUT2D eigenvalue weighted by molar-refractivity contribution is 6.50. The Balaban J connectivity index is 1.38. The van der Waals surface area contributed by atoms with Gasteiger partial charge in [0.25, 0.3) is 11.8 Å². The number of furan rings is 1. The zero-order chi connectivity index (χ0) is 30.6. The molecule has 3 aromatic carbocycles. The molecular weight excluding hydrogens is 572 g/mol. The molecule has 43 heavy (non-hydrogen) atoms. The molecule has 0 saturated carbocycles. The predicted octanol–water partition coefficient (Wildman–Crippen LogP) is 6.30. The molecule has 0 unspecified atom stereocenters. The molecule has 0 bridgehead atoms. The molecular formula is C30H20F4N4O5. The topological polar surface area (TPSA) is 115 Å². The lowest BCUT2D eigenvalue weighted by Gasteiger charge is -2.12. The standard InChI is InChI=1S/C30H20F4N4O5/c1-38-12-18(24-25(28(40)37-27(24)39)19-13-43-26-16(19)7-4-8-23(26)42-2)17-10-20(31)21(11-22(17)38)36-29(41)35-15-6-3-5-14(9-15)30(32,33)34/h3-13H,1-2H3,(H2,35,36,41)(H,37,39,40). The fourth-order valence-corrected chi connectivity index (χ4v) is 5.11. The fraction of sp³-hybridized carbons (Fsp3) is 0.100. The van der Waals surface area contributed by atoms with Gasteiger partial charge in [-0.3, -0.25) is 14.9 Å². The van der Waals surface area contributed by atoms with Gasteiger partial charge in [-0.2, -0.15) is 13.2 Å². The largest absolute Gasteiger partial charge is 0.493 e. The third-order valence-electron chi connectivity index (χ3n) is 7.03. The third-order valence-corrected chi connectivity index (χ3v) is 7.03. The Hall–Kier alpha value is -5.59. The number of aryl methyl sites for hydroxylation is 1. The molecule has 13 heteroatoms. The molecule has 0 fully saturated rings. The van der Waals surface area contributed by atoms with Crippen molar-refractivity contribution in [1.82, 2.24) is 9.88 Å². The number of hydrogen-bond donors (Lipinski definition) is 3. The van der Waals surface area contributed by atoms with E-state index in [1.165, 1.54) is 25.5 Å². The summed E-state index contributed by atoms with van der Waals surface area (Å²) in [4.78, 5) is 38.6. The lowest BCUT2D eigenvalue weighted by atomic mass is 9.95. The van der Waals surface area contributed by atoms with E-state index >= 15 is 4.39 Å². The van der Waals surface area contributed by atoms with Crippen LogP contribution < -0.4 is 20.7 Å². The number of halogens is 4. The van der Waals surface area contributed by atoms with E-state index in [9.17, 15) is 27.6 Å². The first kappa shape index (κ1) is 27.6. The number of amides is 4. The van der Waals surface area contributed by atoms with Crippen LogP contribution in [-0.4, -0.2) is 29.5 Å². The number of para-hydroxylation sites is 1. The fourth-order valence-electron chi connectivity index (χ4n) is 5.11. The molecule has 3 N–H and O–H groups in total. The Morgan fingerprint density at radius 1 is 0.953 bits per heavy atom. The summed E-state index contributed by atoms with van der Waals surface area (Å²) in [5.41, 5.74) is 0.0392. The monoisotopic (exact) mass is 592 g/mol. The second kappa shape index (κ2) is 10.0. The summed E-state index contributed by atoms with van der Waals surface area (Å²) in [7, 11) is 3.10. The van der Waals surface area contributed by atoms with Gasteiger partial charge < -0.3 is 24.4 Å². The van der Waals surface area contributed by atoms with E-state index in [2.05, 4.69) is 16.0 Å². The van der Waals surface area contributed by atoms with Crippen molar-refractivity contribution in [2.24, 2.45) is 7.05 Å². The van der Waals surface area contributed by atoms with Crippen molar-refractivity contribution in [2.45, 2.75) is 6.18 Å². The molecule has 1 aliphatic heterocycles. The second-order valence-electron chi connectivity index (χ2n) is 9.68. The first-order valence-corrected chi connectivity index (χ1v) is 12.6. The number of ether oxygens (including phenoxy) is 1. The zero-order valence-electron chi connectivity index (χ0n) is 22.4. The molecule has 0 atom stereocenters. The molecule has 9 nitrogen and oxygen atoms in total. The molecule has 218 valence electrons. The molecule has 0 aliphatic carbocycles. The van der Waals surface area contributed by atoms with Crippen LogP contribution >= 0.6 is 0 Å². The minimum Gasteiger partial charge on any atom is -0.493 e. The summed E-state index contributed by atoms with van der Waals surface area (Å²) in [6.07, 6.45) is -1.71. The number of anilines is 2. The van der Waals surface area contributed by atoms with Crippen molar-refractivity contribution in [3.63, 3.8) is 0 Å². The number of methoxy groups -OCH3 is 1. The number of alkyl halides is 3. The molecule has 5 aromatic rings. The molecule has 6 rings (SSSR count). The van der Waals surface area contributed by atoms with Crippen LogP contribution in [0.25, 0.3) is 33.0 Å². The van der Waals surface area contributed by atoms with Gasteiger partial charge in [0.05, 0.1) is 35.0 Å². The van der Waals surface area contributed by atoms with E-state index in [0.717, 1.165) is 24.3 Å². The van der Waals surface area contributed by atoms with Crippen molar-refractivity contribution in [2.75, 3.05) is 17.7 Å². The Morgan fingerprint density at radius 2 is 1.67 bits per heavy atom.